The molecule has 2 fully saturated rings. The number of hydrogen-bond donors (Lipinski definition) is 0. The molecule has 1 aliphatic carbocycles. The lowest BCUT2D eigenvalue weighted by Gasteiger charge is -2.38. The summed E-state index contributed by atoms with van der Waals surface area (Å²) >= 11 is 0. The minimum absolute atomic E-state index is 0.198. The molecule has 1 aliphatic heterocycles. The zero-order chi connectivity index (χ0) is 14.7. The molecule has 21 heavy (non-hydrogen) atoms. The van der Waals surface area contributed by atoms with Gasteiger partial charge in [0.25, 0.3) is 5.91 Å². The first-order chi connectivity index (χ1) is 10.3. The van der Waals surface area contributed by atoms with Crippen molar-refractivity contribution in [1.82, 2.24) is 9.80 Å². The Morgan fingerprint density at radius 3 is 2.24 bits per heavy atom. The Bertz CT molecular complexity index is 468. The second-order valence-electron chi connectivity index (χ2n) is 6.32. The Morgan fingerprint density at radius 1 is 1.05 bits per heavy atom. The Kier molecular flexibility index (Phi) is 4.59. The van der Waals surface area contributed by atoms with Gasteiger partial charge in [0.1, 0.15) is 0 Å². The zero-order valence-electron chi connectivity index (χ0n) is 13.1. The molecule has 3 rings (SSSR count). The van der Waals surface area contributed by atoms with Gasteiger partial charge in [-0.05, 0) is 37.0 Å². The lowest BCUT2D eigenvalue weighted by molar-refractivity contribution is 0.0573. The van der Waals surface area contributed by atoms with Gasteiger partial charge in [-0.25, -0.2) is 0 Å². The standard InChI is InChI=1S/C18H26N2O/c1-2-15-7-9-16(10-8-15)18(21)20-13-11-19(12-14-20)17-5-3-4-6-17/h7-10,17H,2-6,11-14H2,1H3. The fraction of sp³-hybridized carbons (Fsp3) is 0.611. The summed E-state index contributed by atoms with van der Waals surface area (Å²) in [5.74, 6) is 0.198. The topological polar surface area (TPSA) is 23.6 Å². The van der Waals surface area contributed by atoms with Crippen molar-refractivity contribution in [3.8, 4) is 0 Å². The van der Waals surface area contributed by atoms with E-state index in [0.29, 0.717) is 0 Å². The number of carbonyl (C=O) groups excluding carboxylic acids is 1. The van der Waals surface area contributed by atoms with E-state index >= 15 is 0 Å². The van der Waals surface area contributed by atoms with E-state index in [-0.39, 0.29) is 5.91 Å². The van der Waals surface area contributed by atoms with Crippen molar-refractivity contribution < 1.29 is 4.79 Å². The summed E-state index contributed by atoms with van der Waals surface area (Å²) in [5, 5.41) is 0. The predicted molar refractivity (Wildman–Crippen MR) is 85.6 cm³/mol. The van der Waals surface area contributed by atoms with Gasteiger partial charge in [0, 0.05) is 37.8 Å². The van der Waals surface area contributed by atoms with Crippen LogP contribution in [-0.4, -0.2) is 47.9 Å². The quantitative estimate of drug-likeness (QED) is 0.853. The van der Waals surface area contributed by atoms with Crippen LogP contribution in [0.15, 0.2) is 24.3 Å². The summed E-state index contributed by atoms with van der Waals surface area (Å²) in [6.45, 7) is 5.99. The molecule has 1 heterocycles. The van der Waals surface area contributed by atoms with Crippen molar-refractivity contribution >= 4 is 5.91 Å². The van der Waals surface area contributed by atoms with Crippen LogP contribution < -0.4 is 0 Å². The monoisotopic (exact) mass is 286 g/mol. The number of amides is 1. The Balaban J connectivity index is 1.56. The van der Waals surface area contributed by atoms with Gasteiger partial charge < -0.3 is 4.90 Å². The summed E-state index contributed by atoms with van der Waals surface area (Å²) in [5.41, 5.74) is 2.12. The van der Waals surface area contributed by atoms with Gasteiger partial charge >= 0.3 is 0 Å². The third-order valence-electron chi connectivity index (χ3n) is 5.05. The predicted octanol–water partition coefficient (Wildman–Crippen LogP) is 2.95. The number of hydrogen-bond acceptors (Lipinski definition) is 2. The third kappa shape index (κ3) is 3.29. The maximum atomic E-state index is 12.5. The average Bonchev–Trinajstić information content (AvgIpc) is 3.09. The van der Waals surface area contributed by atoms with Crippen LogP contribution in [0.3, 0.4) is 0 Å². The first kappa shape index (κ1) is 14.6. The molecule has 1 aromatic rings. The molecule has 1 saturated carbocycles. The maximum absolute atomic E-state index is 12.5. The van der Waals surface area contributed by atoms with Crippen molar-refractivity contribution in [2.45, 2.75) is 45.1 Å². The largest absolute Gasteiger partial charge is 0.336 e. The van der Waals surface area contributed by atoms with Gasteiger partial charge in [0.15, 0.2) is 0 Å². The maximum Gasteiger partial charge on any atom is 0.253 e. The van der Waals surface area contributed by atoms with Crippen LogP contribution in [-0.2, 0) is 6.42 Å². The number of aryl methyl sites for hydroxylation is 1. The van der Waals surface area contributed by atoms with Gasteiger partial charge in [0.2, 0.25) is 0 Å². The van der Waals surface area contributed by atoms with E-state index in [4.69, 9.17) is 0 Å². The molecular weight excluding hydrogens is 260 g/mol. The number of piperazine rings is 1. The molecule has 2 aliphatic rings. The van der Waals surface area contributed by atoms with Crippen LogP contribution in [0.1, 0.15) is 48.5 Å². The first-order valence-corrected chi connectivity index (χ1v) is 8.40. The van der Waals surface area contributed by atoms with Crippen LogP contribution in [0.5, 0.6) is 0 Å². The van der Waals surface area contributed by atoms with E-state index < -0.39 is 0 Å². The highest BCUT2D eigenvalue weighted by atomic mass is 16.2. The summed E-state index contributed by atoms with van der Waals surface area (Å²) < 4.78 is 0. The lowest BCUT2D eigenvalue weighted by atomic mass is 10.1. The molecule has 1 aromatic carbocycles. The molecule has 0 radical (unpaired) electrons. The first-order valence-electron chi connectivity index (χ1n) is 8.40. The highest BCUT2D eigenvalue weighted by molar-refractivity contribution is 5.94. The molecule has 0 bridgehead atoms. The minimum atomic E-state index is 0.198. The van der Waals surface area contributed by atoms with Crippen molar-refractivity contribution in [2.24, 2.45) is 0 Å². The van der Waals surface area contributed by atoms with Crippen LogP contribution >= 0.6 is 0 Å². The molecule has 3 nitrogen and oxygen atoms in total. The van der Waals surface area contributed by atoms with Crippen molar-refractivity contribution in [3.05, 3.63) is 35.4 Å². The highest BCUT2D eigenvalue weighted by Gasteiger charge is 2.28. The van der Waals surface area contributed by atoms with E-state index in [1.165, 1.54) is 31.2 Å². The smallest absolute Gasteiger partial charge is 0.253 e. The summed E-state index contributed by atoms with van der Waals surface area (Å²) in [6.07, 6.45) is 6.49. The number of rotatable bonds is 3. The zero-order valence-corrected chi connectivity index (χ0v) is 13.1. The van der Waals surface area contributed by atoms with Gasteiger partial charge in [-0.3, -0.25) is 9.69 Å². The van der Waals surface area contributed by atoms with Crippen LogP contribution in [0.25, 0.3) is 0 Å². The van der Waals surface area contributed by atoms with Crippen molar-refractivity contribution in [2.75, 3.05) is 26.2 Å². The number of nitrogens with zero attached hydrogens (tertiary/aromatic N) is 2. The fourth-order valence-electron chi connectivity index (χ4n) is 3.63. The lowest BCUT2D eigenvalue weighted by Crippen LogP contribution is -2.51. The Labute approximate surface area is 127 Å². The van der Waals surface area contributed by atoms with Crippen LogP contribution in [0.4, 0.5) is 0 Å². The van der Waals surface area contributed by atoms with E-state index in [2.05, 4.69) is 24.0 Å². The number of carbonyl (C=O) groups is 1. The van der Waals surface area contributed by atoms with Gasteiger partial charge in [-0.15, -0.1) is 0 Å². The minimum Gasteiger partial charge on any atom is -0.336 e. The van der Waals surface area contributed by atoms with E-state index in [9.17, 15) is 4.79 Å². The molecule has 0 N–H and O–H groups in total. The number of benzene rings is 1. The molecule has 0 atom stereocenters. The summed E-state index contributed by atoms with van der Waals surface area (Å²) in [4.78, 5) is 17.1. The third-order valence-corrected chi connectivity index (χ3v) is 5.05. The Hall–Kier alpha value is -1.35. The van der Waals surface area contributed by atoms with Crippen LogP contribution in [0, 0.1) is 0 Å². The molecule has 3 heteroatoms. The molecule has 1 amide bonds. The molecule has 0 unspecified atom stereocenters. The highest BCUT2D eigenvalue weighted by Crippen LogP contribution is 2.24. The molecule has 114 valence electrons. The van der Waals surface area contributed by atoms with Crippen LogP contribution in [0.2, 0.25) is 0 Å². The van der Waals surface area contributed by atoms with Gasteiger partial charge in [-0.1, -0.05) is 31.9 Å². The Morgan fingerprint density at radius 2 is 1.67 bits per heavy atom. The summed E-state index contributed by atoms with van der Waals surface area (Å²) in [6, 6.07) is 8.88. The molecule has 0 spiro atoms. The second kappa shape index (κ2) is 6.61. The SMILES string of the molecule is CCc1ccc(C(=O)N2CCN(C3CCCC3)CC2)cc1. The average molecular weight is 286 g/mol. The van der Waals surface area contributed by atoms with Gasteiger partial charge in [-0.2, -0.15) is 0 Å². The molecule has 1 saturated heterocycles. The van der Waals surface area contributed by atoms with E-state index in [1.807, 2.05) is 17.0 Å². The van der Waals surface area contributed by atoms with E-state index in [0.717, 1.165) is 44.2 Å². The summed E-state index contributed by atoms with van der Waals surface area (Å²) in [7, 11) is 0. The molecular formula is C18H26N2O. The van der Waals surface area contributed by atoms with E-state index in [1.54, 1.807) is 0 Å². The second-order valence-corrected chi connectivity index (χ2v) is 6.32. The normalized spacial score (nSPS) is 20.9. The van der Waals surface area contributed by atoms with Crippen molar-refractivity contribution in [3.63, 3.8) is 0 Å². The molecule has 0 aromatic heterocycles. The fourth-order valence-corrected chi connectivity index (χ4v) is 3.63. The van der Waals surface area contributed by atoms with Crippen molar-refractivity contribution in [1.29, 1.82) is 0 Å². The van der Waals surface area contributed by atoms with Gasteiger partial charge in [0.05, 0.1) is 0 Å².